The Bertz CT molecular complexity index is 1520. The number of sulfonamides is 1. The number of aryl methyl sites for hydroxylation is 1. The second-order valence-corrected chi connectivity index (χ2v) is 12.8. The number of carbonyl (C=O) groups is 1. The first-order valence-electron chi connectivity index (χ1n) is 14.8. The van der Waals surface area contributed by atoms with Crippen LogP contribution in [0.2, 0.25) is 0 Å². The molecule has 1 saturated heterocycles. The molecule has 0 bridgehead atoms. The number of rotatable bonds is 11. The van der Waals surface area contributed by atoms with Crippen molar-refractivity contribution in [1.29, 1.82) is 0 Å². The Kier molecular flexibility index (Phi) is 10.1. The number of amides is 1. The van der Waals surface area contributed by atoms with Crippen LogP contribution in [-0.2, 0) is 27.8 Å². The summed E-state index contributed by atoms with van der Waals surface area (Å²) < 4.78 is 35.0. The molecule has 0 unspecified atom stereocenters. The van der Waals surface area contributed by atoms with Gasteiger partial charge in [0.05, 0.1) is 10.6 Å². The second kappa shape index (κ2) is 14.4. The number of hydrogen-bond donors (Lipinski definition) is 0. The van der Waals surface area contributed by atoms with Crippen LogP contribution in [0.3, 0.4) is 0 Å². The van der Waals surface area contributed by atoms with Gasteiger partial charge >= 0.3 is 6.09 Å². The Balaban J connectivity index is 1.20. The molecule has 4 aromatic carbocycles. The molecular formula is C35H39N3O4S. The zero-order chi connectivity index (χ0) is 30.1. The Morgan fingerprint density at radius 3 is 1.91 bits per heavy atom. The average molecular weight is 598 g/mol. The van der Waals surface area contributed by atoms with E-state index in [1.807, 2.05) is 79.7 Å². The number of nitrogens with zero attached hydrogens (tertiary/aromatic N) is 3. The normalized spacial score (nSPS) is 14.0. The van der Waals surface area contributed by atoms with Crippen LogP contribution in [0.5, 0.6) is 0 Å². The van der Waals surface area contributed by atoms with Crippen LogP contribution >= 0.6 is 0 Å². The van der Waals surface area contributed by atoms with E-state index in [4.69, 9.17) is 4.74 Å². The van der Waals surface area contributed by atoms with Crippen molar-refractivity contribution < 1.29 is 17.9 Å². The van der Waals surface area contributed by atoms with Gasteiger partial charge in [0.25, 0.3) is 10.0 Å². The first kappa shape index (κ1) is 30.3. The summed E-state index contributed by atoms with van der Waals surface area (Å²) in [4.78, 5) is 17.3. The molecule has 1 heterocycles. The average Bonchev–Trinajstić information content (AvgIpc) is 3.03. The van der Waals surface area contributed by atoms with E-state index in [0.29, 0.717) is 38.2 Å². The number of anilines is 1. The molecule has 0 spiro atoms. The Labute approximate surface area is 255 Å². The lowest BCUT2D eigenvalue weighted by Crippen LogP contribution is -2.49. The molecule has 1 aliphatic heterocycles. The van der Waals surface area contributed by atoms with Crippen molar-refractivity contribution in [3.63, 3.8) is 0 Å². The lowest BCUT2D eigenvalue weighted by atomic mass is 10.0. The SMILES string of the molecule is Cc1cccc(S(=O)(=O)N(c2ccccc2)C2CCN(C(=O)OCCN(Cc3ccccc3)Cc3ccccc3)CC2)c1. The summed E-state index contributed by atoms with van der Waals surface area (Å²) in [6, 6.07) is 36.5. The van der Waals surface area contributed by atoms with Gasteiger partial charge in [-0.1, -0.05) is 91.0 Å². The first-order valence-corrected chi connectivity index (χ1v) is 16.2. The van der Waals surface area contributed by atoms with Gasteiger partial charge in [0.1, 0.15) is 6.61 Å². The number of likely N-dealkylation sites (tertiary alicyclic amines) is 1. The fourth-order valence-corrected chi connectivity index (χ4v) is 7.36. The molecular weight excluding hydrogens is 558 g/mol. The largest absolute Gasteiger partial charge is 0.448 e. The Morgan fingerprint density at radius 1 is 0.791 bits per heavy atom. The highest BCUT2D eigenvalue weighted by Crippen LogP contribution is 2.31. The monoisotopic (exact) mass is 597 g/mol. The number of hydrogen-bond acceptors (Lipinski definition) is 5. The van der Waals surface area contributed by atoms with E-state index >= 15 is 0 Å². The Morgan fingerprint density at radius 2 is 1.35 bits per heavy atom. The zero-order valence-electron chi connectivity index (χ0n) is 24.6. The molecule has 0 saturated carbocycles. The summed E-state index contributed by atoms with van der Waals surface area (Å²) >= 11 is 0. The molecule has 0 aromatic heterocycles. The van der Waals surface area contributed by atoms with Crippen molar-refractivity contribution in [3.05, 3.63) is 132 Å². The summed E-state index contributed by atoms with van der Waals surface area (Å²) in [5, 5.41) is 0. The highest BCUT2D eigenvalue weighted by Gasteiger charge is 2.35. The van der Waals surface area contributed by atoms with Crippen molar-refractivity contribution in [2.45, 2.75) is 43.8 Å². The maximum atomic E-state index is 13.9. The maximum absolute atomic E-state index is 13.9. The summed E-state index contributed by atoms with van der Waals surface area (Å²) in [6.45, 7) is 5.12. The molecule has 7 nitrogen and oxygen atoms in total. The van der Waals surface area contributed by atoms with E-state index in [2.05, 4.69) is 29.2 Å². The molecule has 8 heteroatoms. The van der Waals surface area contributed by atoms with E-state index in [-0.39, 0.29) is 23.6 Å². The number of carbonyl (C=O) groups excluding carboxylic acids is 1. The molecule has 1 amide bonds. The van der Waals surface area contributed by atoms with Crippen molar-refractivity contribution in [2.24, 2.45) is 0 Å². The van der Waals surface area contributed by atoms with Gasteiger partial charge in [-0.15, -0.1) is 0 Å². The number of benzene rings is 4. The van der Waals surface area contributed by atoms with E-state index in [9.17, 15) is 13.2 Å². The first-order chi connectivity index (χ1) is 20.9. The molecule has 4 aromatic rings. The summed E-state index contributed by atoms with van der Waals surface area (Å²) in [5.41, 5.74) is 3.92. The zero-order valence-corrected chi connectivity index (χ0v) is 25.4. The second-order valence-electron chi connectivity index (χ2n) is 11.0. The van der Waals surface area contributed by atoms with Gasteiger partial charge < -0.3 is 9.64 Å². The van der Waals surface area contributed by atoms with Gasteiger partial charge in [0.15, 0.2) is 0 Å². The van der Waals surface area contributed by atoms with Gasteiger partial charge in [0, 0.05) is 38.8 Å². The molecule has 43 heavy (non-hydrogen) atoms. The van der Waals surface area contributed by atoms with Gasteiger partial charge in [-0.2, -0.15) is 0 Å². The topological polar surface area (TPSA) is 70.2 Å². The van der Waals surface area contributed by atoms with E-state index in [1.54, 1.807) is 23.1 Å². The highest BCUT2D eigenvalue weighted by atomic mass is 32.2. The van der Waals surface area contributed by atoms with Crippen LogP contribution in [0.4, 0.5) is 10.5 Å². The van der Waals surface area contributed by atoms with Crippen LogP contribution < -0.4 is 4.31 Å². The van der Waals surface area contributed by atoms with Crippen molar-refractivity contribution in [1.82, 2.24) is 9.80 Å². The van der Waals surface area contributed by atoms with E-state index in [1.165, 1.54) is 15.4 Å². The summed E-state index contributed by atoms with van der Waals surface area (Å²) in [5.74, 6) is 0. The van der Waals surface area contributed by atoms with Crippen molar-refractivity contribution >= 4 is 21.8 Å². The minimum atomic E-state index is -3.80. The Hall–Kier alpha value is -4.14. The van der Waals surface area contributed by atoms with E-state index in [0.717, 1.165) is 18.7 Å². The van der Waals surface area contributed by atoms with Crippen molar-refractivity contribution in [3.8, 4) is 0 Å². The summed E-state index contributed by atoms with van der Waals surface area (Å²) in [6.07, 6.45) is 0.678. The molecule has 0 radical (unpaired) electrons. The lowest BCUT2D eigenvalue weighted by molar-refractivity contribution is 0.0806. The molecule has 1 aliphatic rings. The third-order valence-corrected chi connectivity index (χ3v) is 9.62. The minimum absolute atomic E-state index is 0.272. The summed E-state index contributed by atoms with van der Waals surface area (Å²) in [7, 11) is -3.80. The quantitative estimate of drug-likeness (QED) is 0.198. The maximum Gasteiger partial charge on any atom is 0.409 e. The minimum Gasteiger partial charge on any atom is -0.448 e. The van der Waals surface area contributed by atoms with Gasteiger partial charge in [-0.25, -0.2) is 13.2 Å². The van der Waals surface area contributed by atoms with Crippen LogP contribution in [0.25, 0.3) is 0 Å². The standard InChI is InChI=1S/C35H39N3O4S/c1-29-12-11-19-34(26-29)43(40,41)38(32-17-9-4-10-18-32)33-20-22-37(23-21-33)35(39)42-25-24-36(27-30-13-5-2-6-14-30)28-31-15-7-3-8-16-31/h2-19,26,33H,20-25,27-28H2,1H3. The van der Waals surface area contributed by atoms with Crippen molar-refractivity contribution in [2.75, 3.05) is 30.5 Å². The smallest absolute Gasteiger partial charge is 0.409 e. The fourth-order valence-electron chi connectivity index (χ4n) is 5.54. The molecule has 224 valence electrons. The van der Waals surface area contributed by atoms with Crippen LogP contribution in [0.15, 0.2) is 120 Å². The molecule has 0 atom stereocenters. The predicted molar refractivity (Wildman–Crippen MR) is 170 cm³/mol. The third-order valence-electron chi connectivity index (χ3n) is 7.74. The van der Waals surface area contributed by atoms with E-state index < -0.39 is 10.0 Å². The molecule has 5 rings (SSSR count). The van der Waals surface area contributed by atoms with Gasteiger partial charge in [-0.3, -0.25) is 9.21 Å². The fraction of sp³-hybridized carbons (Fsp3) is 0.286. The van der Waals surface area contributed by atoms with Gasteiger partial charge in [0.2, 0.25) is 0 Å². The molecule has 0 N–H and O–H groups in total. The molecule has 1 fully saturated rings. The number of piperidine rings is 1. The van der Waals surface area contributed by atoms with Crippen LogP contribution in [-0.4, -0.2) is 56.6 Å². The molecule has 0 aliphatic carbocycles. The number of para-hydroxylation sites is 1. The van der Waals surface area contributed by atoms with Crippen LogP contribution in [0.1, 0.15) is 29.5 Å². The number of ether oxygens (including phenoxy) is 1. The predicted octanol–water partition coefficient (Wildman–Crippen LogP) is 6.49. The third kappa shape index (κ3) is 8.03. The van der Waals surface area contributed by atoms with Gasteiger partial charge in [-0.05, 0) is 60.7 Å². The highest BCUT2D eigenvalue weighted by molar-refractivity contribution is 7.92. The lowest BCUT2D eigenvalue weighted by Gasteiger charge is -2.38. The van der Waals surface area contributed by atoms with Crippen LogP contribution in [0, 0.1) is 6.92 Å².